The molecule has 0 aliphatic rings. The van der Waals surface area contributed by atoms with Crippen molar-refractivity contribution in [1.29, 1.82) is 0 Å². The molecule has 0 aliphatic heterocycles. The molecule has 8 nitrogen and oxygen atoms in total. The van der Waals surface area contributed by atoms with Crippen LogP contribution in [0.3, 0.4) is 0 Å². The fourth-order valence-corrected chi connectivity index (χ4v) is 3.74. The lowest BCUT2D eigenvalue weighted by Crippen LogP contribution is -2.33. The number of nitrogens with one attached hydrogen (secondary N) is 2. The molecule has 0 fully saturated rings. The highest BCUT2D eigenvalue weighted by Gasteiger charge is 2.17. The van der Waals surface area contributed by atoms with E-state index < -0.39 is 21.7 Å². The fourth-order valence-electron chi connectivity index (χ4n) is 2.50. The zero-order chi connectivity index (χ0) is 20.2. The molecular weight excluding hydrogens is 368 g/mol. The summed E-state index contributed by atoms with van der Waals surface area (Å²) in [6, 6.07) is 6.46. The summed E-state index contributed by atoms with van der Waals surface area (Å²) in [5.41, 5.74) is 3.05. The maximum atomic E-state index is 12.2. The van der Waals surface area contributed by atoms with Crippen molar-refractivity contribution in [2.24, 2.45) is 7.05 Å². The molecule has 0 unspecified atom stereocenters. The summed E-state index contributed by atoms with van der Waals surface area (Å²) in [5, 5.41) is 9.34. The first kappa shape index (κ1) is 20.6. The van der Waals surface area contributed by atoms with Crippen LogP contribution >= 0.6 is 0 Å². The second-order valence-electron chi connectivity index (χ2n) is 6.38. The Bertz CT molecular complexity index is 946. The third-order valence-corrected chi connectivity index (χ3v) is 5.93. The number of sulfone groups is 1. The van der Waals surface area contributed by atoms with Crippen LogP contribution in [0.1, 0.15) is 23.4 Å². The number of aromatic nitrogens is 2. The number of carbonyl (C=O) groups is 2. The maximum Gasteiger partial charge on any atom is 0.243 e. The molecule has 0 bridgehead atoms. The zero-order valence-corrected chi connectivity index (χ0v) is 16.7. The van der Waals surface area contributed by atoms with Crippen LogP contribution in [-0.4, -0.2) is 42.3 Å². The van der Waals surface area contributed by atoms with Gasteiger partial charge in [0.25, 0.3) is 0 Å². The highest BCUT2D eigenvalue weighted by atomic mass is 32.2. The standard InChI is InChI=1S/C18H24N4O4S/c1-12-5-7-15(8-6-12)27(25,26)10-9-16(23)19-11-17(24)20-18-13(2)21-22(4)14(18)3/h5-8H,9-11H2,1-4H3,(H,19,23)(H,20,24). The molecule has 2 aromatic rings. The first-order chi connectivity index (χ1) is 12.6. The van der Waals surface area contributed by atoms with Gasteiger partial charge in [-0.25, -0.2) is 8.42 Å². The van der Waals surface area contributed by atoms with Gasteiger partial charge < -0.3 is 10.6 Å². The minimum Gasteiger partial charge on any atom is -0.347 e. The van der Waals surface area contributed by atoms with E-state index in [2.05, 4.69) is 15.7 Å². The Hall–Kier alpha value is -2.68. The van der Waals surface area contributed by atoms with Gasteiger partial charge in [0.2, 0.25) is 11.8 Å². The third kappa shape index (κ3) is 5.40. The predicted octanol–water partition coefficient (Wildman–Crippen LogP) is 1.26. The Kier molecular flexibility index (Phi) is 6.37. The van der Waals surface area contributed by atoms with Crippen LogP contribution in [0, 0.1) is 20.8 Å². The molecule has 0 radical (unpaired) electrons. The van der Waals surface area contributed by atoms with Crippen molar-refractivity contribution < 1.29 is 18.0 Å². The molecule has 2 N–H and O–H groups in total. The minimum absolute atomic E-state index is 0.182. The Labute approximate surface area is 158 Å². The topological polar surface area (TPSA) is 110 Å². The summed E-state index contributed by atoms with van der Waals surface area (Å²) in [5.74, 6) is -1.21. The number of carbonyl (C=O) groups excluding carboxylic acids is 2. The number of benzene rings is 1. The molecule has 9 heteroatoms. The van der Waals surface area contributed by atoms with Crippen molar-refractivity contribution in [1.82, 2.24) is 15.1 Å². The molecule has 1 aromatic heterocycles. The van der Waals surface area contributed by atoms with Crippen LogP contribution in [0.15, 0.2) is 29.2 Å². The van der Waals surface area contributed by atoms with Crippen LogP contribution < -0.4 is 10.6 Å². The monoisotopic (exact) mass is 392 g/mol. The summed E-state index contributed by atoms with van der Waals surface area (Å²) in [6.45, 7) is 5.22. The van der Waals surface area contributed by atoms with E-state index in [0.29, 0.717) is 11.4 Å². The smallest absolute Gasteiger partial charge is 0.243 e. The first-order valence-corrected chi connectivity index (χ1v) is 10.1. The lowest BCUT2D eigenvalue weighted by Gasteiger charge is -2.08. The van der Waals surface area contributed by atoms with E-state index >= 15 is 0 Å². The Morgan fingerprint density at radius 2 is 1.70 bits per heavy atom. The Morgan fingerprint density at radius 3 is 2.26 bits per heavy atom. The van der Waals surface area contributed by atoms with Crippen LogP contribution in [0.4, 0.5) is 5.69 Å². The van der Waals surface area contributed by atoms with E-state index in [1.54, 1.807) is 30.8 Å². The molecule has 27 heavy (non-hydrogen) atoms. The van der Waals surface area contributed by atoms with Gasteiger partial charge in [-0.05, 0) is 32.9 Å². The summed E-state index contributed by atoms with van der Waals surface area (Å²) >= 11 is 0. The lowest BCUT2D eigenvalue weighted by atomic mass is 10.2. The Balaban J connectivity index is 1.83. The van der Waals surface area contributed by atoms with Gasteiger partial charge in [0.1, 0.15) is 0 Å². The normalized spacial score (nSPS) is 11.3. The molecule has 2 rings (SSSR count). The molecular formula is C18H24N4O4S. The number of rotatable bonds is 7. The zero-order valence-electron chi connectivity index (χ0n) is 15.9. The Morgan fingerprint density at radius 1 is 1.07 bits per heavy atom. The number of hydrogen-bond acceptors (Lipinski definition) is 5. The van der Waals surface area contributed by atoms with Crippen molar-refractivity contribution in [3.8, 4) is 0 Å². The average molecular weight is 392 g/mol. The molecule has 1 heterocycles. The van der Waals surface area contributed by atoms with Crippen LogP contribution in [0.2, 0.25) is 0 Å². The second kappa shape index (κ2) is 8.34. The van der Waals surface area contributed by atoms with Gasteiger partial charge in [0.15, 0.2) is 9.84 Å². The highest BCUT2D eigenvalue weighted by molar-refractivity contribution is 7.91. The van der Waals surface area contributed by atoms with Gasteiger partial charge in [-0.1, -0.05) is 17.7 Å². The highest BCUT2D eigenvalue weighted by Crippen LogP contribution is 2.18. The van der Waals surface area contributed by atoms with Gasteiger partial charge in [0, 0.05) is 13.5 Å². The largest absolute Gasteiger partial charge is 0.347 e. The summed E-state index contributed by atoms with van der Waals surface area (Å²) in [7, 11) is -1.77. The van der Waals surface area contributed by atoms with Gasteiger partial charge in [-0.2, -0.15) is 5.10 Å². The molecule has 1 aromatic carbocycles. The van der Waals surface area contributed by atoms with Crippen molar-refractivity contribution in [3.63, 3.8) is 0 Å². The maximum absolute atomic E-state index is 12.2. The summed E-state index contributed by atoms with van der Waals surface area (Å²) < 4.78 is 26.1. The van der Waals surface area contributed by atoms with Gasteiger partial charge in [-0.15, -0.1) is 0 Å². The minimum atomic E-state index is -3.54. The molecule has 0 atom stereocenters. The van der Waals surface area contributed by atoms with E-state index in [4.69, 9.17) is 0 Å². The first-order valence-electron chi connectivity index (χ1n) is 8.46. The fraction of sp³-hybridized carbons (Fsp3) is 0.389. The average Bonchev–Trinajstić information content (AvgIpc) is 2.85. The van der Waals surface area contributed by atoms with E-state index in [-0.39, 0.29) is 23.6 Å². The van der Waals surface area contributed by atoms with E-state index in [1.165, 1.54) is 12.1 Å². The van der Waals surface area contributed by atoms with Crippen molar-refractivity contribution in [2.45, 2.75) is 32.1 Å². The molecule has 0 spiro atoms. The number of nitrogens with zero attached hydrogens (tertiary/aromatic N) is 2. The molecule has 0 aliphatic carbocycles. The van der Waals surface area contributed by atoms with E-state index in [1.807, 2.05) is 13.8 Å². The van der Waals surface area contributed by atoms with Crippen molar-refractivity contribution in [2.75, 3.05) is 17.6 Å². The lowest BCUT2D eigenvalue weighted by molar-refractivity contribution is -0.123. The van der Waals surface area contributed by atoms with E-state index in [0.717, 1.165) is 11.3 Å². The number of aryl methyl sites for hydroxylation is 3. The van der Waals surface area contributed by atoms with Crippen LogP contribution in [0.5, 0.6) is 0 Å². The van der Waals surface area contributed by atoms with Crippen molar-refractivity contribution >= 4 is 27.3 Å². The van der Waals surface area contributed by atoms with E-state index in [9.17, 15) is 18.0 Å². The van der Waals surface area contributed by atoms with Gasteiger partial charge >= 0.3 is 0 Å². The van der Waals surface area contributed by atoms with Crippen molar-refractivity contribution in [3.05, 3.63) is 41.2 Å². The summed E-state index contributed by atoms with van der Waals surface area (Å²) in [6.07, 6.45) is -0.214. The van der Waals surface area contributed by atoms with Crippen LogP contribution in [0.25, 0.3) is 0 Å². The SMILES string of the molecule is Cc1ccc(S(=O)(=O)CCC(=O)NCC(=O)Nc2c(C)nn(C)c2C)cc1. The van der Waals surface area contributed by atoms with Gasteiger partial charge in [-0.3, -0.25) is 14.3 Å². The third-order valence-electron chi connectivity index (χ3n) is 4.20. The number of amides is 2. The predicted molar refractivity (Wildman–Crippen MR) is 102 cm³/mol. The molecule has 146 valence electrons. The van der Waals surface area contributed by atoms with Crippen LogP contribution in [-0.2, 0) is 26.5 Å². The second-order valence-corrected chi connectivity index (χ2v) is 8.49. The molecule has 2 amide bonds. The summed E-state index contributed by atoms with van der Waals surface area (Å²) in [4.78, 5) is 24.1. The molecule has 0 saturated carbocycles. The quantitative estimate of drug-likeness (QED) is 0.737. The van der Waals surface area contributed by atoms with Gasteiger partial charge in [0.05, 0.1) is 34.3 Å². The number of hydrogen-bond donors (Lipinski definition) is 2. The molecule has 0 saturated heterocycles. The number of anilines is 1.